The van der Waals surface area contributed by atoms with Crippen LogP contribution < -0.4 is 5.73 Å². The number of nitrogen functional groups attached to an aromatic ring is 1. The lowest BCUT2D eigenvalue weighted by Gasteiger charge is -2.04. The van der Waals surface area contributed by atoms with Gasteiger partial charge in [0.15, 0.2) is 0 Å². The lowest BCUT2D eigenvalue weighted by molar-refractivity contribution is 0.0533. The van der Waals surface area contributed by atoms with E-state index in [1.54, 1.807) is 6.92 Å². The van der Waals surface area contributed by atoms with E-state index in [2.05, 4.69) is 32.0 Å². The van der Waals surface area contributed by atoms with Crippen LogP contribution >= 0.6 is 11.3 Å². The summed E-state index contributed by atoms with van der Waals surface area (Å²) in [5.74, 6) is -0.340. The minimum atomic E-state index is -0.340. The molecule has 106 valence electrons. The van der Waals surface area contributed by atoms with Gasteiger partial charge in [0.1, 0.15) is 4.88 Å². The molecule has 0 aliphatic heterocycles. The molecule has 0 fully saturated rings. The summed E-state index contributed by atoms with van der Waals surface area (Å²) < 4.78 is 5.05. The molecule has 0 unspecified atom stereocenters. The summed E-state index contributed by atoms with van der Waals surface area (Å²) in [6.07, 6.45) is 0. The third-order valence-corrected chi connectivity index (χ3v) is 4.76. The summed E-state index contributed by atoms with van der Waals surface area (Å²) in [5.41, 5.74) is 11.1. The van der Waals surface area contributed by atoms with Crippen LogP contribution in [0, 0.1) is 20.8 Å². The number of carbonyl (C=O) groups is 1. The largest absolute Gasteiger partial charge is 0.462 e. The molecule has 0 radical (unpaired) electrons. The zero-order chi connectivity index (χ0) is 14.9. The monoisotopic (exact) mass is 289 g/mol. The number of anilines is 1. The van der Waals surface area contributed by atoms with E-state index in [4.69, 9.17) is 10.5 Å². The fourth-order valence-electron chi connectivity index (χ4n) is 2.03. The second kappa shape index (κ2) is 5.67. The molecule has 1 aromatic heterocycles. The maximum atomic E-state index is 11.9. The van der Waals surface area contributed by atoms with Crippen LogP contribution in [0.15, 0.2) is 18.2 Å². The predicted octanol–water partition coefficient (Wildman–Crippen LogP) is 4.10. The van der Waals surface area contributed by atoms with Crippen LogP contribution in [0.4, 0.5) is 5.69 Å². The Kier molecular flexibility index (Phi) is 4.14. The van der Waals surface area contributed by atoms with Crippen LogP contribution in [-0.4, -0.2) is 12.6 Å². The molecule has 2 aromatic rings. The van der Waals surface area contributed by atoms with E-state index in [0.29, 0.717) is 17.2 Å². The number of carbonyl (C=O) groups excluding carboxylic acids is 1. The maximum Gasteiger partial charge on any atom is 0.350 e. The molecular weight excluding hydrogens is 270 g/mol. The highest BCUT2D eigenvalue weighted by molar-refractivity contribution is 7.18. The molecule has 4 heteroatoms. The number of nitrogens with two attached hydrogens (primary N) is 1. The topological polar surface area (TPSA) is 52.3 Å². The molecule has 1 heterocycles. The summed E-state index contributed by atoms with van der Waals surface area (Å²) in [5, 5.41) is 0. The van der Waals surface area contributed by atoms with E-state index in [1.807, 2.05) is 6.92 Å². The first-order chi connectivity index (χ1) is 9.45. The first-order valence-electron chi connectivity index (χ1n) is 6.59. The molecule has 0 amide bonds. The van der Waals surface area contributed by atoms with Crippen LogP contribution in [0.3, 0.4) is 0 Å². The molecule has 3 nitrogen and oxygen atoms in total. The molecule has 2 N–H and O–H groups in total. The van der Waals surface area contributed by atoms with Crippen LogP contribution in [0.1, 0.15) is 33.3 Å². The second-order valence-electron chi connectivity index (χ2n) is 4.82. The van der Waals surface area contributed by atoms with Crippen molar-refractivity contribution in [3.05, 3.63) is 39.8 Å². The van der Waals surface area contributed by atoms with E-state index in [-0.39, 0.29) is 5.97 Å². The van der Waals surface area contributed by atoms with E-state index < -0.39 is 0 Å². The Morgan fingerprint density at radius 1 is 1.25 bits per heavy atom. The van der Waals surface area contributed by atoms with Gasteiger partial charge < -0.3 is 10.5 Å². The SMILES string of the molecule is CCOC(=O)c1sc(-c2ccc(C)c(C)c2)c(C)c1N. The minimum Gasteiger partial charge on any atom is -0.462 e. The standard InChI is InChI=1S/C16H19NO2S/c1-5-19-16(18)15-13(17)11(4)14(20-15)12-7-6-9(2)10(3)8-12/h6-8H,5,17H2,1-4H3. The van der Waals surface area contributed by atoms with Crippen molar-refractivity contribution in [3.63, 3.8) is 0 Å². The molecular formula is C16H19NO2S. The fraction of sp³-hybridized carbons (Fsp3) is 0.312. The highest BCUT2D eigenvalue weighted by atomic mass is 32.1. The van der Waals surface area contributed by atoms with Crippen LogP contribution in [-0.2, 0) is 4.74 Å². The van der Waals surface area contributed by atoms with Gasteiger partial charge in [-0.2, -0.15) is 0 Å². The van der Waals surface area contributed by atoms with Crippen LogP contribution in [0.25, 0.3) is 10.4 Å². The smallest absolute Gasteiger partial charge is 0.350 e. The molecule has 1 aromatic carbocycles. The van der Waals surface area contributed by atoms with Gasteiger partial charge in [-0.15, -0.1) is 11.3 Å². The lowest BCUT2D eigenvalue weighted by atomic mass is 10.0. The lowest BCUT2D eigenvalue weighted by Crippen LogP contribution is -2.05. The van der Waals surface area contributed by atoms with Crippen molar-refractivity contribution in [3.8, 4) is 10.4 Å². The first kappa shape index (κ1) is 14.6. The molecule has 0 saturated carbocycles. The van der Waals surface area contributed by atoms with Crippen molar-refractivity contribution >= 4 is 23.0 Å². The number of esters is 1. The predicted molar refractivity (Wildman–Crippen MR) is 84.3 cm³/mol. The van der Waals surface area contributed by atoms with Crippen molar-refractivity contribution in [1.82, 2.24) is 0 Å². The van der Waals surface area contributed by atoms with Gasteiger partial charge in [0.2, 0.25) is 0 Å². The third-order valence-electron chi connectivity index (χ3n) is 3.42. The summed E-state index contributed by atoms with van der Waals surface area (Å²) >= 11 is 1.40. The van der Waals surface area contributed by atoms with Gasteiger partial charge in [0.25, 0.3) is 0 Å². The van der Waals surface area contributed by atoms with Gasteiger partial charge in [-0.25, -0.2) is 4.79 Å². The van der Waals surface area contributed by atoms with E-state index >= 15 is 0 Å². The number of ether oxygens (including phenoxy) is 1. The van der Waals surface area contributed by atoms with Crippen molar-refractivity contribution < 1.29 is 9.53 Å². The zero-order valence-electron chi connectivity index (χ0n) is 12.2. The van der Waals surface area contributed by atoms with Gasteiger partial charge in [-0.1, -0.05) is 18.2 Å². The van der Waals surface area contributed by atoms with Gasteiger partial charge in [-0.05, 0) is 49.9 Å². The van der Waals surface area contributed by atoms with Gasteiger partial charge in [-0.3, -0.25) is 0 Å². The highest BCUT2D eigenvalue weighted by Gasteiger charge is 2.20. The average molecular weight is 289 g/mol. The maximum absolute atomic E-state index is 11.9. The van der Waals surface area contributed by atoms with Crippen molar-refractivity contribution in [2.75, 3.05) is 12.3 Å². The van der Waals surface area contributed by atoms with E-state index in [9.17, 15) is 4.79 Å². The molecule has 0 spiro atoms. The normalized spacial score (nSPS) is 10.6. The molecule has 2 rings (SSSR count). The molecule has 0 aliphatic rings. The average Bonchev–Trinajstić information content (AvgIpc) is 2.70. The summed E-state index contributed by atoms with van der Waals surface area (Å²) in [6, 6.07) is 6.28. The first-order valence-corrected chi connectivity index (χ1v) is 7.41. The molecule has 0 atom stereocenters. The molecule has 0 saturated heterocycles. The van der Waals surface area contributed by atoms with Crippen LogP contribution in [0.5, 0.6) is 0 Å². The fourth-order valence-corrected chi connectivity index (χ4v) is 3.15. The Balaban J connectivity index is 2.50. The Bertz CT molecular complexity index is 659. The van der Waals surface area contributed by atoms with Crippen molar-refractivity contribution in [2.45, 2.75) is 27.7 Å². The summed E-state index contributed by atoms with van der Waals surface area (Å²) in [6.45, 7) is 8.25. The number of benzene rings is 1. The van der Waals surface area contributed by atoms with Gasteiger partial charge in [0.05, 0.1) is 12.3 Å². The number of rotatable bonds is 3. The number of hydrogen-bond acceptors (Lipinski definition) is 4. The van der Waals surface area contributed by atoms with E-state index in [1.165, 1.54) is 22.5 Å². The molecule has 20 heavy (non-hydrogen) atoms. The number of hydrogen-bond donors (Lipinski definition) is 1. The number of aryl methyl sites for hydroxylation is 2. The Morgan fingerprint density at radius 2 is 1.95 bits per heavy atom. The zero-order valence-corrected chi connectivity index (χ0v) is 13.1. The summed E-state index contributed by atoms with van der Waals surface area (Å²) in [7, 11) is 0. The van der Waals surface area contributed by atoms with Crippen LogP contribution in [0.2, 0.25) is 0 Å². The minimum absolute atomic E-state index is 0.340. The Hall–Kier alpha value is -1.81. The second-order valence-corrected chi connectivity index (χ2v) is 5.84. The highest BCUT2D eigenvalue weighted by Crippen LogP contribution is 2.38. The molecule has 0 aliphatic carbocycles. The van der Waals surface area contributed by atoms with E-state index in [0.717, 1.165) is 16.0 Å². The van der Waals surface area contributed by atoms with Gasteiger partial charge >= 0.3 is 5.97 Å². The van der Waals surface area contributed by atoms with Crippen molar-refractivity contribution in [2.24, 2.45) is 0 Å². The van der Waals surface area contributed by atoms with Gasteiger partial charge in [0, 0.05) is 4.88 Å². The number of thiophene rings is 1. The summed E-state index contributed by atoms with van der Waals surface area (Å²) in [4.78, 5) is 13.4. The molecule has 0 bridgehead atoms. The Morgan fingerprint density at radius 3 is 2.55 bits per heavy atom. The quantitative estimate of drug-likeness (QED) is 0.865. The third kappa shape index (κ3) is 2.56. The van der Waals surface area contributed by atoms with Crippen molar-refractivity contribution in [1.29, 1.82) is 0 Å². The Labute approximate surface area is 123 Å².